The first-order chi connectivity index (χ1) is 20.7. The van der Waals surface area contributed by atoms with E-state index in [1.165, 1.54) is 82.0 Å². The zero-order chi connectivity index (χ0) is 27.8. The number of hydrogen-bond donors (Lipinski definition) is 0. The van der Waals surface area contributed by atoms with Gasteiger partial charge in [-0.15, -0.1) is 0 Å². The first-order valence-corrected chi connectivity index (χ1v) is 14.8. The number of rotatable bonds is 2. The topological polar surface area (TPSA) is 0 Å². The van der Waals surface area contributed by atoms with Gasteiger partial charge in [-0.1, -0.05) is 127 Å². The van der Waals surface area contributed by atoms with Crippen LogP contribution in [0.2, 0.25) is 0 Å². The third kappa shape index (κ3) is 3.18. The second-order valence-electron chi connectivity index (χ2n) is 11.9. The lowest BCUT2D eigenvalue weighted by atomic mass is 9.73. The van der Waals surface area contributed by atoms with E-state index in [1.807, 2.05) is 0 Å². The summed E-state index contributed by atoms with van der Waals surface area (Å²) < 4.78 is 0. The molecular weight excluding hydrogens is 504 g/mol. The van der Waals surface area contributed by atoms with E-state index in [-0.39, 0.29) is 5.41 Å². The van der Waals surface area contributed by atoms with E-state index in [9.17, 15) is 0 Å². The van der Waals surface area contributed by atoms with Gasteiger partial charge in [-0.05, 0) is 113 Å². The standard InChI is InChI=1S/C42H28/c1-42(32-15-3-2-4-16-32)39-26-31(20-21-35(39)38-23-28-12-5-6-13-29(28)25-40(38)42)41-34-18-10-8-14-30(34)24-37-33-17-9-7-11-27(33)19-22-36(37)41/h2-26H,1H3. The van der Waals surface area contributed by atoms with Crippen LogP contribution in [0, 0.1) is 0 Å². The normalized spacial score (nSPS) is 15.8. The fourth-order valence-electron chi connectivity index (χ4n) is 7.58. The molecule has 8 aromatic rings. The SMILES string of the molecule is CC1(c2ccccc2)c2cc(-c3c4ccccc4cc4c3ccc3ccccc34)ccc2-c2cc3ccccc3cc21. The summed E-state index contributed by atoms with van der Waals surface area (Å²) in [5.74, 6) is 0. The van der Waals surface area contributed by atoms with E-state index >= 15 is 0 Å². The lowest BCUT2D eigenvalue weighted by Crippen LogP contribution is -2.22. The van der Waals surface area contributed by atoms with E-state index in [4.69, 9.17) is 0 Å². The van der Waals surface area contributed by atoms with Gasteiger partial charge < -0.3 is 0 Å². The molecule has 196 valence electrons. The van der Waals surface area contributed by atoms with Crippen LogP contribution in [-0.2, 0) is 5.41 Å². The molecule has 0 aliphatic heterocycles. The minimum absolute atomic E-state index is 0.265. The van der Waals surface area contributed by atoms with Crippen molar-refractivity contribution in [1.82, 2.24) is 0 Å². The summed E-state index contributed by atoms with van der Waals surface area (Å²) in [6, 6.07) is 56.4. The van der Waals surface area contributed by atoms with E-state index in [0.717, 1.165) is 0 Å². The molecule has 1 atom stereocenters. The van der Waals surface area contributed by atoms with Gasteiger partial charge in [-0.3, -0.25) is 0 Å². The highest BCUT2D eigenvalue weighted by Crippen LogP contribution is 2.54. The molecule has 1 aliphatic carbocycles. The third-order valence-corrected chi connectivity index (χ3v) is 9.68. The average molecular weight is 533 g/mol. The summed E-state index contributed by atoms with van der Waals surface area (Å²) in [6.45, 7) is 2.42. The van der Waals surface area contributed by atoms with Crippen LogP contribution in [0.1, 0.15) is 23.6 Å². The van der Waals surface area contributed by atoms with Crippen LogP contribution in [0.25, 0.3) is 65.3 Å². The average Bonchev–Trinajstić information content (AvgIpc) is 3.30. The van der Waals surface area contributed by atoms with Crippen molar-refractivity contribution < 1.29 is 0 Å². The lowest BCUT2D eigenvalue weighted by Gasteiger charge is -2.29. The number of benzene rings is 8. The Kier molecular flexibility index (Phi) is 4.84. The fraction of sp³-hybridized carbons (Fsp3) is 0.0476. The second-order valence-corrected chi connectivity index (χ2v) is 11.9. The van der Waals surface area contributed by atoms with Crippen molar-refractivity contribution in [3.63, 3.8) is 0 Å². The maximum absolute atomic E-state index is 2.49. The van der Waals surface area contributed by atoms with Crippen molar-refractivity contribution in [2.24, 2.45) is 0 Å². The van der Waals surface area contributed by atoms with Crippen LogP contribution < -0.4 is 0 Å². The molecular formula is C42H28. The quantitative estimate of drug-likeness (QED) is 0.153. The molecule has 0 heteroatoms. The van der Waals surface area contributed by atoms with E-state index in [1.54, 1.807) is 0 Å². The Labute approximate surface area is 245 Å². The minimum atomic E-state index is -0.265. The summed E-state index contributed by atoms with van der Waals surface area (Å²) in [5, 5.41) is 10.3. The molecule has 8 aromatic carbocycles. The molecule has 1 aliphatic rings. The van der Waals surface area contributed by atoms with Crippen molar-refractivity contribution in [2.45, 2.75) is 12.3 Å². The highest BCUT2D eigenvalue weighted by molar-refractivity contribution is 6.20. The monoisotopic (exact) mass is 532 g/mol. The van der Waals surface area contributed by atoms with Gasteiger partial charge in [-0.2, -0.15) is 0 Å². The Balaban J connectivity index is 1.38. The Morgan fingerprint density at radius 2 is 1.02 bits per heavy atom. The van der Waals surface area contributed by atoms with Crippen LogP contribution >= 0.6 is 0 Å². The smallest absolute Gasteiger partial charge is 0.0435 e. The molecule has 0 amide bonds. The molecule has 0 bridgehead atoms. The van der Waals surface area contributed by atoms with Gasteiger partial charge in [0.25, 0.3) is 0 Å². The largest absolute Gasteiger partial charge is 0.0622 e. The van der Waals surface area contributed by atoms with Crippen LogP contribution in [0.15, 0.2) is 152 Å². The van der Waals surface area contributed by atoms with E-state index in [2.05, 4.69) is 159 Å². The predicted octanol–water partition coefficient (Wildman–Crippen LogP) is 11.3. The van der Waals surface area contributed by atoms with Crippen molar-refractivity contribution in [1.29, 1.82) is 0 Å². The van der Waals surface area contributed by atoms with Crippen molar-refractivity contribution in [3.8, 4) is 22.3 Å². The second kappa shape index (κ2) is 8.65. The number of hydrogen-bond acceptors (Lipinski definition) is 0. The van der Waals surface area contributed by atoms with Gasteiger partial charge in [0.2, 0.25) is 0 Å². The zero-order valence-corrected chi connectivity index (χ0v) is 23.4. The van der Waals surface area contributed by atoms with Crippen LogP contribution in [0.5, 0.6) is 0 Å². The molecule has 0 saturated carbocycles. The molecule has 42 heavy (non-hydrogen) atoms. The van der Waals surface area contributed by atoms with Gasteiger partial charge in [0, 0.05) is 5.41 Å². The van der Waals surface area contributed by atoms with E-state index < -0.39 is 0 Å². The maximum atomic E-state index is 2.49. The molecule has 0 aromatic heterocycles. The molecule has 9 rings (SSSR count). The van der Waals surface area contributed by atoms with Crippen LogP contribution in [0.3, 0.4) is 0 Å². The van der Waals surface area contributed by atoms with Gasteiger partial charge in [-0.25, -0.2) is 0 Å². The molecule has 0 nitrogen and oxygen atoms in total. The zero-order valence-electron chi connectivity index (χ0n) is 23.4. The first-order valence-electron chi connectivity index (χ1n) is 14.8. The van der Waals surface area contributed by atoms with Crippen LogP contribution in [-0.4, -0.2) is 0 Å². The fourth-order valence-corrected chi connectivity index (χ4v) is 7.58. The Bertz CT molecular complexity index is 2360. The highest BCUT2D eigenvalue weighted by atomic mass is 14.4. The summed E-state index contributed by atoms with van der Waals surface area (Å²) in [5.41, 5.74) is 9.08. The summed E-state index contributed by atoms with van der Waals surface area (Å²) in [4.78, 5) is 0. The Morgan fingerprint density at radius 1 is 0.381 bits per heavy atom. The molecule has 0 spiro atoms. The third-order valence-electron chi connectivity index (χ3n) is 9.68. The molecule has 0 heterocycles. The summed E-state index contributed by atoms with van der Waals surface area (Å²) >= 11 is 0. The minimum Gasteiger partial charge on any atom is -0.0622 e. The molecule has 1 unspecified atom stereocenters. The lowest BCUT2D eigenvalue weighted by molar-refractivity contribution is 0.715. The van der Waals surface area contributed by atoms with Gasteiger partial charge in [0.05, 0.1) is 0 Å². The molecule has 0 saturated heterocycles. The van der Waals surface area contributed by atoms with Gasteiger partial charge >= 0.3 is 0 Å². The molecule has 0 N–H and O–H groups in total. The first kappa shape index (κ1) is 23.5. The van der Waals surface area contributed by atoms with Crippen LogP contribution in [0.4, 0.5) is 0 Å². The Morgan fingerprint density at radius 3 is 1.83 bits per heavy atom. The van der Waals surface area contributed by atoms with Crippen molar-refractivity contribution in [3.05, 3.63) is 168 Å². The highest BCUT2D eigenvalue weighted by Gasteiger charge is 2.41. The summed E-state index contributed by atoms with van der Waals surface area (Å²) in [6.07, 6.45) is 0. The van der Waals surface area contributed by atoms with E-state index in [0.29, 0.717) is 0 Å². The predicted molar refractivity (Wildman–Crippen MR) is 179 cm³/mol. The van der Waals surface area contributed by atoms with Crippen molar-refractivity contribution in [2.75, 3.05) is 0 Å². The van der Waals surface area contributed by atoms with Gasteiger partial charge in [0.1, 0.15) is 0 Å². The molecule has 0 radical (unpaired) electrons. The number of fused-ring (bicyclic) bond motifs is 8. The molecule has 0 fully saturated rings. The van der Waals surface area contributed by atoms with Crippen molar-refractivity contribution >= 4 is 43.1 Å². The van der Waals surface area contributed by atoms with Gasteiger partial charge in [0.15, 0.2) is 0 Å². The Hall–Kier alpha value is -5.20. The summed E-state index contributed by atoms with van der Waals surface area (Å²) in [7, 11) is 0. The maximum Gasteiger partial charge on any atom is 0.0435 e.